The summed E-state index contributed by atoms with van der Waals surface area (Å²) < 4.78 is 5.37. The number of rotatable bonds is 2. The lowest BCUT2D eigenvalue weighted by Crippen LogP contribution is -2.39. The molecule has 138 valence electrons. The first-order valence-corrected chi connectivity index (χ1v) is 9.22. The van der Waals surface area contributed by atoms with Crippen molar-refractivity contribution in [2.24, 2.45) is 0 Å². The largest absolute Gasteiger partial charge is 0.459 e. The number of fused-ring (bicyclic) bond motifs is 1. The van der Waals surface area contributed by atoms with Crippen molar-refractivity contribution in [2.45, 2.75) is 38.7 Å². The van der Waals surface area contributed by atoms with Crippen LogP contribution >= 0.6 is 0 Å². The number of aliphatic hydroxyl groups is 1. The van der Waals surface area contributed by atoms with E-state index in [4.69, 9.17) is 4.42 Å². The van der Waals surface area contributed by atoms with E-state index in [9.17, 15) is 9.90 Å². The lowest BCUT2D eigenvalue weighted by Gasteiger charge is -2.32. The van der Waals surface area contributed by atoms with Crippen molar-refractivity contribution in [3.63, 3.8) is 0 Å². The lowest BCUT2D eigenvalue weighted by molar-refractivity contribution is 0.0730. The summed E-state index contributed by atoms with van der Waals surface area (Å²) in [5.74, 6) is 1.27. The smallest absolute Gasteiger partial charge is 0.289 e. The molecule has 2 aliphatic rings. The molecule has 0 saturated carbocycles. The Bertz CT molecular complexity index is 804. The standard InChI is InChI=1S/C19H24N4O3/c1-13-6-10-26-17(13)19(25)22-8-4-15-16(5-9-22)20-12-21-18(15)23-7-2-3-14(24)11-23/h6,10,12,14,24H,2-5,7-9,11H2,1H3. The summed E-state index contributed by atoms with van der Waals surface area (Å²) in [6, 6.07) is 1.81. The maximum atomic E-state index is 12.8. The third-order valence-corrected chi connectivity index (χ3v) is 5.30. The SMILES string of the molecule is Cc1ccoc1C(=O)N1CCc2ncnc(N3CCCC(O)C3)c2CC1. The number of β-amino-alcohol motifs (C(OH)–C–C–N with tert-alkyl or cyclic N) is 1. The van der Waals surface area contributed by atoms with Gasteiger partial charge in [-0.25, -0.2) is 9.97 Å². The maximum absolute atomic E-state index is 12.8. The van der Waals surface area contributed by atoms with Gasteiger partial charge in [0.05, 0.1) is 18.1 Å². The molecule has 0 aliphatic carbocycles. The fourth-order valence-corrected chi connectivity index (χ4v) is 3.87. The molecule has 2 aromatic rings. The predicted octanol–water partition coefficient (Wildman–Crippen LogP) is 1.58. The number of aromatic nitrogens is 2. The molecular weight excluding hydrogens is 332 g/mol. The Morgan fingerprint density at radius 2 is 2.12 bits per heavy atom. The van der Waals surface area contributed by atoms with Crippen LogP contribution in [0.25, 0.3) is 0 Å². The molecule has 2 aromatic heterocycles. The molecule has 4 heterocycles. The second-order valence-electron chi connectivity index (χ2n) is 7.09. The Labute approximate surface area is 152 Å². The average Bonchev–Trinajstić information content (AvgIpc) is 2.95. The van der Waals surface area contributed by atoms with E-state index in [2.05, 4.69) is 14.9 Å². The Morgan fingerprint density at radius 3 is 2.88 bits per heavy atom. The number of aryl methyl sites for hydroxylation is 1. The van der Waals surface area contributed by atoms with Crippen molar-refractivity contribution in [2.75, 3.05) is 31.1 Å². The zero-order valence-electron chi connectivity index (χ0n) is 15.0. The normalized spacial score (nSPS) is 20.6. The van der Waals surface area contributed by atoms with Crippen LogP contribution in [0.3, 0.4) is 0 Å². The van der Waals surface area contributed by atoms with Gasteiger partial charge in [-0.2, -0.15) is 0 Å². The fourth-order valence-electron chi connectivity index (χ4n) is 3.87. The minimum Gasteiger partial charge on any atom is -0.459 e. The van der Waals surface area contributed by atoms with Crippen molar-refractivity contribution in [1.29, 1.82) is 0 Å². The highest BCUT2D eigenvalue weighted by molar-refractivity contribution is 5.92. The van der Waals surface area contributed by atoms with Gasteiger partial charge < -0.3 is 19.3 Å². The summed E-state index contributed by atoms with van der Waals surface area (Å²) in [7, 11) is 0. The Morgan fingerprint density at radius 1 is 1.27 bits per heavy atom. The van der Waals surface area contributed by atoms with Gasteiger partial charge in [-0.15, -0.1) is 0 Å². The quantitative estimate of drug-likeness (QED) is 0.880. The second kappa shape index (κ2) is 7.07. The third-order valence-electron chi connectivity index (χ3n) is 5.30. The number of hydrogen-bond donors (Lipinski definition) is 1. The van der Waals surface area contributed by atoms with Gasteiger partial charge in [-0.3, -0.25) is 4.79 Å². The van der Waals surface area contributed by atoms with E-state index in [0.29, 0.717) is 38.2 Å². The maximum Gasteiger partial charge on any atom is 0.289 e. The molecule has 7 nitrogen and oxygen atoms in total. The molecule has 1 saturated heterocycles. The van der Waals surface area contributed by atoms with E-state index in [1.54, 1.807) is 12.6 Å². The van der Waals surface area contributed by atoms with Crippen LogP contribution < -0.4 is 4.90 Å². The molecule has 4 rings (SSSR count). The Kier molecular flexibility index (Phi) is 4.63. The average molecular weight is 356 g/mol. The van der Waals surface area contributed by atoms with Gasteiger partial charge >= 0.3 is 0 Å². The molecule has 0 spiro atoms. The lowest BCUT2D eigenvalue weighted by atomic mass is 10.1. The van der Waals surface area contributed by atoms with Crippen molar-refractivity contribution >= 4 is 11.7 Å². The van der Waals surface area contributed by atoms with Crippen LogP contribution in [-0.4, -0.2) is 58.2 Å². The van der Waals surface area contributed by atoms with E-state index < -0.39 is 0 Å². The molecule has 0 aromatic carbocycles. The summed E-state index contributed by atoms with van der Waals surface area (Å²) in [6.45, 7) is 4.62. The molecule has 0 bridgehead atoms. The van der Waals surface area contributed by atoms with Gasteiger partial charge in [-0.05, 0) is 32.3 Å². The third kappa shape index (κ3) is 3.19. The van der Waals surface area contributed by atoms with Crippen LogP contribution in [-0.2, 0) is 12.8 Å². The number of aliphatic hydroxyl groups excluding tert-OH is 1. The van der Waals surface area contributed by atoms with E-state index in [1.807, 2.05) is 17.9 Å². The molecule has 2 aliphatic heterocycles. The van der Waals surface area contributed by atoms with Crippen LogP contribution in [0.15, 0.2) is 23.1 Å². The number of nitrogens with zero attached hydrogens (tertiary/aromatic N) is 4. The molecule has 1 N–H and O–H groups in total. The number of furan rings is 1. The number of hydrogen-bond acceptors (Lipinski definition) is 6. The van der Waals surface area contributed by atoms with Crippen molar-refractivity contribution in [3.05, 3.63) is 41.2 Å². The van der Waals surface area contributed by atoms with E-state index in [1.165, 1.54) is 0 Å². The minimum absolute atomic E-state index is 0.0665. The van der Waals surface area contributed by atoms with Crippen LogP contribution in [0.5, 0.6) is 0 Å². The Hall–Kier alpha value is -2.41. The first-order valence-electron chi connectivity index (χ1n) is 9.22. The topological polar surface area (TPSA) is 82.7 Å². The zero-order valence-corrected chi connectivity index (χ0v) is 15.0. The van der Waals surface area contributed by atoms with Crippen molar-refractivity contribution < 1.29 is 14.3 Å². The summed E-state index contributed by atoms with van der Waals surface area (Å²) in [4.78, 5) is 25.7. The van der Waals surface area contributed by atoms with Crippen LogP contribution in [0, 0.1) is 6.92 Å². The highest BCUT2D eigenvalue weighted by Crippen LogP contribution is 2.27. The van der Waals surface area contributed by atoms with Gasteiger partial charge in [0.2, 0.25) is 0 Å². The minimum atomic E-state index is -0.305. The Balaban J connectivity index is 1.55. The number of carbonyl (C=O) groups excluding carboxylic acids is 1. The van der Waals surface area contributed by atoms with Gasteiger partial charge in [0, 0.05) is 43.7 Å². The summed E-state index contributed by atoms with van der Waals surface area (Å²) >= 11 is 0. The van der Waals surface area contributed by atoms with Crippen LogP contribution in [0.2, 0.25) is 0 Å². The highest BCUT2D eigenvalue weighted by atomic mass is 16.3. The molecule has 1 fully saturated rings. The van der Waals surface area contributed by atoms with Gasteiger partial charge in [-0.1, -0.05) is 0 Å². The first kappa shape index (κ1) is 17.0. The molecular formula is C19H24N4O3. The summed E-state index contributed by atoms with van der Waals surface area (Å²) in [5.41, 5.74) is 2.97. The molecule has 1 atom stereocenters. The summed E-state index contributed by atoms with van der Waals surface area (Å²) in [6.07, 6.45) is 6.07. The molecule has 7 heteroatoms. The van der Waals surface area contributed by atoms with E-state index in [-0.39, 0.29) is 12.0 Å². The number of amides is 1. The molecule has 0 radical (unpaired) electrons. The molecule has 1 unspecified atom stereocenters. The predicted molar refractivity (Wildman–Crippen MR) is 96.2 cm³/mol. The van der Waals surface area contributed by atoms with Crippen LogP contribution in [0.4, 0.5) is 5.82 Å². The van der Waals surface area contributed by atoms with Crippen LogP contribution in [0.1, 0.15) is 40.2 Å². The number of piperidine rings is 1. The van der Waals surface area contributed by atoms with Gasteiger partial charge in [0.1, 0.15) is 12.1 Å². The zero-order chi connectivity index (χ0) is 18.1. The molecule has 1 amide bonds. The van der Waals surface area contributed by atoms with E-state index in [0.717, 1.165) is 42.0 Å². The highest BCUT2D eigenvalue weighted by Gasteiger charge is 2.27. The van der Waals surface area contributed by atoms with E-state index >= 15 is 0 Å². The van der Waals surface area contributed by atoms with Crippen molar-refractivity contribution in [3.8, 4) is 0 Å². The second-order valence-corrected chi connectivity index (χ2v) is 7.09. The first-order chi connectivity index (χ1) is 12.6. The summed E-state index contributed by atoms with van der Waals surface area (Å²) in [5, 5.41) is 10.00. The van der Waals surface area contributed by atoms with Gasteiger partial charge in [0.25, 0.3) is 5.91 Å². The number of carbonyl (C=O) groups is 1. The molecule has 26 heavy (non-hydrogen) atoms. The van der Waals surface area contributed by atoms with Crippen molar-refractivity contribution in [1.82, 2.24) is 14.9 Å². The number of anilines is 1. The van der Waals surface area contributed by atoms with Gasteiger partial charge in [0.15, 0.2) is 5.76 Å². The monoisotopic (exact) mass is 356 g/mol. The fraction of sp³-hybridized carbons (Fsp3) is 0.526.